The second kappa shape index (κ2) is 8.75. The highest BCUT2D eigenvalue weighted by Crippen LogP contribution is 2.27. The van der Waals surface area contributed by atoms with Crippen LogP contribution in [0.3, 0.4) is 0 Å². The molecule has 0 spiro atoms. The van der Waals surface area contributed by atoms with E-state index in [4.69, 9.17) is 14.2 Å². The molecule has 1 aliphatic heterocycles. The Hall–Kier alpha value is -1.76. The third kappa shape index (κ3) is 5.62. The monoisotopic (exact) mass is 427 g/mol. The van der Waals surface area contributed by atoms with Crippen molar-refractivity contribution in [2.75, 3.05) is 20.2 Å². The smallest absolute Gasteiger partial charge is 0.410 e. The van der Waals surface area contributed by atoms with E-state index in [-0.39, 0.29) is 18.2 Å². The zero-order valence-electron chi connectivity index (χ0n) is 15.7. The van der Waals surface area contributed by atoms with Crippen molar-refractivity contribution >= 4 is 28.0 Å². The Morgan fingerprint density at radius 1 is 1.23 bits per heavy atom. The fourth-order valence-corrected chi connectivity index (χ4v) is 3.14. The number of amides is 1. The molecule has 7 heteroatoms. The summed E-state index contributed by atoms with van der Waals surface area (Å²) in [6.45, 7) is 6.79. The standard InChI is InChI=1S/C19H26BrNO5/c1-19(2,3)26-18(23)21-9-7-15(8-10-21)25-16-6-5-13(17(22)24-4)11-14(16)12-20/h5-6,11,15H,7-10,12H2,1-4H3. The van der Waals surface area contributed by atoms with Crippen molar-refractivity contribution in [3.05, 3.63) is 29.3 Å². The topological polar surface area (TPSA) is 65.1 Å². The lowest BCUT2D eigenvalue weighted by atomic mass is 10.1. The zero-order chi connectivity index (χ0) is 19.3. The molecule has 6 nitrogen and oxygen atoms in total. The van der Waals surface area contributed by atoms with Gasteiger partial charge in [0.1, 0.15) is 17.5 Å². The van der Waals surface area contributed by atoms with Gasteiger partial charge in [0.25, 0.3) is 0 Å². The zero-order valence-corrected chi connectivity index (χ0v) is 17.3. The lowest BCUT2D eigenvalue weighted by molar-refractivity contribution is 0.0126. The molecule has 1 heterocycles. The summed E-state index contributed by atoms with van der Waals surface area (Å²) in [6.07, 6.45) is 1.22. The van der Waals surface area contributed by atoms with Gasteiger partial charge in [-0.1, -0.05) is 15.9 Å². The second-order valence-electron chi connectivity index (χ2n) is 7.23. The number of hydrogen-bond donors (Lipinski definition) is 0. The van der Waals surface area contributed by atoms with Crippen LogP contribution < -0.4 is 4.74 Å². The van der Waals surface area contributed by atoms with Crippen LogP contribution in [0.5, 0.6) is 5.75 Å². The molecule has 144 valence electrons. The number of ether oxygens (including phenoxy) is 3. The molecule has 1 aromatic carbocycles. The highest BCUT2D eigenvalue weighted by atomic mass is 79.9. The van der Waals surface area contributed by atoms with Crippen LogP contribution in [0.1, 0.15) is 49.5 Å². The number of hydrogen-bond acceptors (Lipinski definition) is 5. The van der Waals surface area contributed by atoms with E-state index in [0.717, 1.165) is 24.2 Å². The average molecular weight is 428 g/mol. The molecule has 0 atom stereocenters. The van der Waals surface area contributed by atoms with Gasteiger partial charge >= 0.3 is 12.1 Å². The Balaban J connectivity index is 1.95. The number of carbonyl (C=O) groups excluding carboxylic acids is 2. The van der Waals surface area contributed by atoms with Crippen molar-refractivity contribution in [3.8, 4) is 5.75 Å². The number of halogens is 1. The van der Waals surface area contributed by atoms with Gasteiger partial charge in [-0.25, -0.2) is 9.59 Å². The molecular weight excluding hydrogens is 402 g/mol. The molecule has 1 saturated heterocycles. The molecule has 0 radical (unpaired) electrons. The number of methoxy groups -OCH3 is 1. The summed E-state index contributed by atoms with van der Waals surface area (Å²) in [7, 11) is 1.36. The van der Waals surface area contributed by atoms with Crippen LogP contribution in [0.15, 0.2) is 18.2 Å². The average Bonchev–Trinajstić information content (AvgIpc) is 2.60. The van der Waals surface area contributed by atoms with E-state index in [1.54, 1.807) is 23.1 Å². The first-order chi connectivity index (χ1) is 12.2. The number of alkyl halides is 1. The predicted octanol–water partition coefficient (Wildman–Crippen LogP) is 4.15. The van der Waals surface area contributed by atoms with Crippen molar-refractivity contribution in [2.45, 2.75) is 50.6 Å². The molecule has 1 amide bonds. The number of piperidine rings is 1. The Bertz CT molecular complexity index is 648. The van der Waals surface area contributed by atoms with Crippen molar-refractivity contribution in [1.82, 2.24) is 4.90 Å². The molecule has 0 N–H and O–H groups in total. The Kier molecular flexibility index (Phi) is 6.92. The SMILES string of the molecule is COC(=O)c1ccc(OC2CCN(C(=O)OC(C)(C)C)CC2)c(CBr)c1. The summed E-state index contributed by atoms with van der Waals surface area (Å²) in [5, 5.41) is 0.573. The number of likely N-dealkylation sites (tertiary alicyclic amines) is 1. The first kappa shape index (κ1) is 20.6. The Labute approximate surface area is 162 Å². The highest BCUT2D eigenvalue weighted by Gasteiger charge is 2.28. The van der Waals surface area contributed by atoms with Crippen LogP contribution in [0.2, 0.25) is 0 Å². The molecule has 0 aliphatic carbocycles. The van der Waals surface area contributed by atoms with Gasteiger partial charge in [0, 0.05) is 36.8 Å². The van der Waals surface area contributed by atoms with Crippen LogP contribution >= 0.6 is 15.9 Å². The Morgan fingerprint density at radius 2 is 1.88 bits per heavy atom. The molecule has 0 aromatic heterocycles. The molecular formula is C19H26BrNO5. The molecule has 0 unspecified atom stereocenters. The Morgan fingerprint density at radius 3 is 2.42 bits per heavy atom. The molecule has 26 heavy (non-hydrogen) atoms. The van der Waals surface area contributed by atoms with Crippen LogP contribution in [0.25, 0.3) is 0 Å². The van der Waals surface area contributed by atoms with Crippen LogP contribution in [0, 0.1) is 0 Å². The van der Waals surface area contributed by atoms with Crippen molar-refractivity contribution < 1.29 is 23.8 Å². The van der Waals surface area contributed by atoms with Crippen LogP contribution in [-0.4, -0.2) is 48.9 Å². The number of benzene rings is 1. The van der Waals surface area contributed by atoms with E-state index in [1.807, 2.05) is 20.8 Å². The third-order valence-electron chi connectivity index (χ3n) is 4.01. The first-order valence-corrected chi connectivity index (χ1v) is 9.77. The normalized spacial score (nSPS) is 15.5. The maximum Gasteiger partial charge on any atom is 0.410 e. The minimum atomic E-state index is -0.489. The summed E-state index contributed by atoms with van der Waals surface area (Å²) < 4.78 is 16.3. The van der Waals surface area contributed by atoms with Gasteiger partial charge in [0.2, 0.25) is 0 Å². The summed E-state index contributed by atoms with van der Waals surface area (Å²) in [4.78, 5) is 25.5. The fourth-order valence-electron chi connectivity index (χ4n) is 2.71. The van der Waals surface area contributed by atoms with Crippen LogP contribution in [-0.2, 0) is 14.8 Å². The lowest BCUT2D eigenvalue weighted by Gasteiger charge is -2.33. The van der Waals surface area contributed by atoms with E-state index in [0.29, 0.717) is 24.0 Å². The van der Waals surface area contributed by atoms with E-state index in [1.165, 1.54) is 7.11 Å². The predicted molar refractivity (Wildman–Crippen MR) is 102 cm³/mol. The second-order valence-corrected chi connectivity index (χ2v) is 7.79. The summed E-state index contributed by atoms with van der Waals surface area (Å²) in [6, 6.07) is 5.26. The third-order valence-corrected chi connectivity index (χ3v) is 4.62. The lowest BCUT2D eigenvalue weighted by Crippen LogP contribution is -2.44. The highest BCUT2D eigenvalue weighted by molar-refractivity contribution is 9.08. The first-order valence-electron chi connectivity index (χ1n) is 8.65. The number of rotatable bonds is 4. The molecule has 0 bridgehead atoms. The molecule has 1 fully saturated rings. The van der Waals surface area contributed by atoms with Gasteiger partial charge in [-0.3, -0.25) is 0 Å². The van der Waals surface area contributed by atoms with Gasteiger partial charge < -0.3 is 19.1 Å². The van der Waals surface area contributed by atoms with E-state index in [9.17, 15) is 9.59 Å². The number of esters is 1. The number of nitrogens with zero attached hydrogens (tertiary/aromatic N) is 1. The molecule has 2 rings (SSSR count). The van der Waals surface area contributed by atoms with E-state index >= 15 is 0 Å². The van der Waals surface area contributed by atoms with Gasteiger partial charge in [-0.05, 0) is 39.0 Å². The summed E-state index contributed by atoms with van der Waals surface area (Å²) in [5.74, 6) is 0.370. The molecule has 0 saturated carbocycles. The maximum atomic E-state index is 12.1. The quantitative estimate of drug-likeness (QED) is 0.533. The van der Waals surface area contributed by atoms with E-state index in [2.05, 4.69) is 15.9 Å². The maximum absolute atomic E-state index is 12.1. The van der Waals surface area contributed by atoms with Gasteiger partial charge in [0.05, 0.1) is 12.7 Å². The van der Waals surface area contributed by atoms with Gasteiger partial charge in [-0.15, -0.1) is 0 Å². The fraction of sp³-hybridized carbons (Fsp3) is 0.579. The summed E-state index contributed by atoms with van der Waals surface area (Å²) >= 11 is 3.43. The van der Waals surface area contributed by atoms with Gasteiger partial charge in [-0.2, -0.15) is 0 Å². The number of carbonyl (C=O) groups is 2. The largest absolute Gasteiger partial charge is 0.490 e. The molecule has 1 aromatic rings. The molecule has 1 aliphatic rings. The van der Waals surface area contributed by atoms with Crippen molar-refractivity contribution in [2.24, 2.45) is 0 Å². The van der Waals surface area contributed by atoms with E-state index < -0.39 is 5.60 Å². The minimum Gasteiger partial charge on any atom is -0.490 e. The van der Waals surface area contributed by atoms with Crippen LogP contribution in [0.4, 0.5) is 4.79 Å². The summed E-state index contributed by atoms with van der Waals surface area (Å²) in [5.41, 5.74) is 0.896. The van der Waals surface area contributed by atoms with Crippen molar-refractivity contribution in [1.29, 1.82) is 0 Å². The minimum absolute atomic E-state index is 0.0236. The van der Waals surface area contributed by atoms with Gasteiger partial charge in [0.15, 0.2) is 0 Å². The van der Waals surface area contributed by atoms with Crippen molar-refractivity contribution in [3.63, 3.8) is 0 Å².